The van der Waals surface area contributed by atoms with Crippen molar-refractivity contribution in [3.05, 3.63) is 29.8 Å². The lowest BCUT2D eigenvalue weighted by Gasteiger charge is -2.36. The van der Waals surface area contributed by atoms with Crippen molar-refractivity contribution in [3.63, 3.8) is 0 Å². The molecule has 1 fully saturated rings. The molecule has 1 aliphatic heterocycles. The summed E-state index contributed by atoms with van der Waals surface area (Å²) in [5, 5.41) is 15.8. The summed E-state index contributed by atoms with van der Waals surface area (Å²) >= 11 is 0. The lowest BCUT2D eigenvalue weighted by Crippen LogP contribution is -2.51. The molecule has 1 unspecified atom stereocenters. The van der Waals surface area contributed by atoms with Gasteiger partial charge in [0.25, 0.3) is 0 Å². The predicted octanol–water partition coefficient (Wildman–Crippen LogP) is 1.70. The van der Waals surface area contributed by atoms with Crippen LogP contribution in [0.5, 0.6) is 0 Å². The van der Waals surface area contributed by atoms with Gasteiger partial charge < -0.3 is 25.5 Å². The Balaban J connectivity index is 1.96. The molecule has 1 aliphatic rings. The van der Waals surface area contributed by atoms with E-state index in [2.05, 4.69) is 15.5 Å². The molecule has 1 heterocycles. The summed E-state index contributed by atoms with van der Waals surface area (Å²) in [4.78, 5) is 27.9. The van der Waals surface area contributed by atoms with Crippen LogP contribution in [0.25, 0.3) is 0 Å². The number of hydrogen-bond acceptors (Lipinski definition) is 4. The van der Waals surface area contributed by atoms with Crippen LogP contribution in [0.1, 0.15) is 39.7 Å². The topological polar surface area (TPSA) is 84.9 Å². The molecule has 0 aromatic heterocycles. The zero-order chi connectivity index (χ0) is 20.0. The highest BCUT2D eigenvalue weighted by atomic mass is 16.3. The Hall–Kier alpha value is -2.28. The van der Waals surface area contributed by atoms with E-state index >= 15 is 0 Å². The van der Waals surface area contributed by atoms with E-state index in [0.29, 0.717) is 26.1 Å². The van der Waals surface area contributed by atoms with Crippen LogP contribution in [-0.2, 0) is 11.3 Å². The van der Waals surface area contributed by atoms with Crippen molar-refractivity contribution in [2.24, 2.45) is 0 Å². The van der Waals surface area contributed by atoms with Crippen molar-refractivity contribution in [1.29, 1.82) is 0 Å². The summed E-state index contributed by atoms with van der Waals surface area (Å²) < 4.78 is 0. The summed E-state index contributed by atoms with van der Waals surface area (Å²) in [6, 6.07) is 7.38. The number of anilines is 1. The van der Waals surface area contributed by atoms with E-state index in [-0.39, 0.29) is 18.0 Å². The summed E-state index contributed by atoms with van der Waals surface area (Å²) in [5.74, 6) is 0.110. The molecule has 3 N–H and O–H groups in total. The maximum Gasteiger partial charge on any atom is 0.315 e. The van der Waals surface area contributed by atoms with E-state index in [0.717, 1.165) is 24.3 Å². The molecule has 0 radical (unpaired) electrons. The molecule has 1 saturated heterocycles. The van der Waals surface area contributed by atoms with Gasteiger partial charge in [0, 0.05) is 45.3 Å². The second kappa shape index (κ2) is 9.08. The number of nitrogens with one attached hydrogen (secondary N) is 2. The summed E-state index contributed by atoms with van der Waals surface area (Å²) in [5.41, 5.74) is 1.14. The molecular weight excluding hydrogens is 344 g/mol. The minimum Gasteiger partial charge on any atom is -0.388 e. The van der Waals surface area contributed by atoms with Gasteiger partial charge in [-0.1, -0.05) is 25.1 Å². The number of nitrogens with zero attached hydrogens (tertiary/aromatic N) is 2. The number of hydrogen-bond donors (Lipinski definition) is 3. The Kier molecular flexibility index (Phi) is 7.07. The molecular formula is C20H32N4O3. The molecule has 27 heavy (non-hydrogen) atoms. The third kappa shape index (κ3) is 5.85. The van der Waals surface area contributed by atoms with Gasteiger partial charge in [0.15, 0.2) is 0 Å². The number of carbonyl (C=O) groups is 2. The molecule has 0 saturated carbocycles. The number of benzene rings is 1. The molecule has 2 rings (SSSR count). The predicted molar refractivity (Wildman–Crippen MR) is 107 cm³/mol. The number of amides is 3. The Morgan fingerprint density at radius 2 is 1.81 bits per heavy atom. The largest absolute Gasteiger partial charge is 0.388 e. The molecule has 0 bridgehead atoms. The minimum absolute atomic E-state index is 0.110. The molecule has 7 heteroatoms. The molecule has 1 aromatic carbocycles. The van der Waals surface area contributed by atoms with Crippen molar-refractivity contribution in [2.45, 2.75) is 52.3 Å². The fourth-order valence-corrected chi connectivity index (χ4v) is 3.39. The van der Waals surface area contributed by atoms with Crippen molar-refractivity contribution in [1.82, 2.24) is 15.5 Å². The van der Waals surface area contributed by atoms with Crippen molar-refractivity contribution >= 4 is 17.6 Å². The minimum atomic E-state index is -0.972. The average molecular weight is 377 g/mol. The highest BCUT2D eigenvalue weighted by Crippen LogP contribution is 2.22. The van der Waals surface area contributed by atoms with Crippen molar-refractivity contribution < 1.29 is 14.7 Å². The quantitative estimate of drug-likeness (QED) is 0.706. The lowest BCUT2D eigenvalue weighted by atomic mass is 9.97. The Morgan fingerprint density at radius 3 is 2.37 bits per heavy atom. The highest BCUT2D eigenvalue weighted by molar-refractivity contribution is 5.75. The molecule has 1 atom stereocenters. The molecule has 3 amide bonds. The number of rotatable bonds is 6. The van der Waals surface area contributed by atoms with E-state index in [9.17, 15) is 14.7 Å². The zero-order valence-corrected chi connectivity index (χ0v) is 16.8. The number of carbonyl (C=O) groups excluding carboxylic acids is 2. The molecule has 1 aromatic rings. The monoisotopic (exact) mass is 376 g/mol. The van der Waals surface area contributed by atoms with Gasteiger partial charge in [-0.05, 0) is 31.9 Å². The van der Waals surface area contributed by atoms with E-state index in [1.807, 2.05) is 36.1 Å². The first-order valence-electron chi connectivity index (χ1n) is 9.57. The zero-order valence-electron chi connectivity index (χ0n) is 16.8. The van der Waals surface area contributed by atoms with Crippen LogP contribution < -0.4 is 15.5 Å². The van der Waals surface area contributed by atoms with E-state index < -0.39 is 5.60 Å². The molecule has 150 valence electrons. The van der Waals surface area contributed by atoms with Crippen LogP contribution in [0, 0.1) is 0 Å². The van der Waals surface area contributed by atoms with Gasteiger partial charge in [0.05, 0.1) is 11.6 Å². The second-order valence-electron chi connectivity index (χ2n) is 7.56. The van der Waals surface area contributed by atoms with Crippen LogP contribution in [0.15, 0.2) is 24.3 Å². The molecule has 0 aliphatic carbocycles. The summed E-state index contributed by atoms with van der Waals surface area (Å²) in [7, 11) is 0. The Morgan fingerprint density at radius 1 is 1.19 bits per heavy atom. The van der Waals surface area contributed by atoms with Gasteiger partial charge in [-0.15, -0.1) is 0 Å². The Labute approximate surface area is 161 Å². The number of para-hydroxylation sites is 1. The van der Waals surface area contributed by atoms with Crippen LogP contribution in [-0.4, -0.2) is 59.8 Å². The van der Waals surface area contributed by atoms with Crippen molar-refractivity contribution in [3.8, 4) is 0 Å². The average Bonchev–Trinajstić information content (AvgIpc) is 2.63. The summed E-state index contributed by atoms with van der Waals surface area (Å²) in [6.45, 7) is 10.3. The van der Waals surface area contributed by atoms with Crippen LogP contribution in [0.2, 0.25) is 0 Å². The summed E-state index contributed by atoms with van der Waals surface area (Å²) in [6.07, 6.45) is 0.647. The molecule has 0 spiro atoms. The first-order chi connectivity index (χ1) is 12.7. The third-order valence-corrected chi connectivity index (χ3v) is 5.06. The van der Waals surface area contributed by atoms with Crippen LogP contribution in [0.4, 0.5) is 10.5 Å². The normalized spacial score (nSPS) is 16.0. The van der Waals surface area contributed by atoms with Gasteiger partial charge in [0.2, 0.25) is 5.91 Å². The van der Waals surface area contributed by atoms with Crippen molar-refractivity contribution in [2.75, 3.05) is 31.1 Å². The smallest absolute Gasteiger partial charge is 0.315 e. The second-order valence-corrected chi connectivity index (χ2v) is 7.56. The fraction of sp³-hybridized carbons (Fsp3) is 0.600. The Bertz CT molecular complexity index is 649. The maximum atomic E-state index is 12.2. The van der Waals surface area contributed by atoms with Crippen LogP contribution >= 0.6 is 0 Å². The van der Waals surface area contributed by atoms with Gasteiger partial charge in [-0.2, -0.15) is 0 Å². The number of piperazine rings is 1. The number of aliphatic hydroxyl groups is 1. The highest BCUT2D eigenvalue weighted by Gasteiger charge is 2.26. The van der Waals surface area contributed by atoms with Gasteiger partial charge >= 0.3 is 6.03 Å². The van der Waals surface area contributed by atoms with E-state index in [4.69, 9.17) is 0 Å². The van der Waals surface area contributed by atoms with Crippen LogP contribution in [0.3, 0.4) is 0 Å². The standard InChI is InChI=1S/C20H32N4O3/c1-5-18(20(3,4)27)22-19(26)21-14-16-8-6-7-9-17(16)24-12-10-23(11-13-24)15(2)25/h6-9,18,27H,5,10-14H2,1-4H3,(H2,21,22,26). The number of urea groups is 1. The van der Waals surface area contributed by atoms with Gasteiger partial charge in [-0.25, -0.2) is 4.79 Å². The van der Waals surface area contributed by atoms with Gasteiger partial charge in [0.1, 0.15) is 0 Å². The van der Waals surface area contributed by atoms with E-state index in [1.165, 1.54) is 0 Å². The first kappa shape index (κ1) is 21.0. The lowest BCUT2D eigenvalue weighted by molar-refractivity contribution is -0.129. The molecule has 7 nitrogen and oxygen atoms in total. The van der Waals surface area contributed by atoms with E-state index in [1.54, 1.807) is 20.8 Å². The SMILES string of the molecule is CCC(NC(=O)NCc1ccccc1N1CCN(C(C)=O)CC1)C(C)(C)O. The maximum absolute atomic E-state index is 12.2. The first-order valence-corrected chi connectivity index (χ1v) is 9.57. The third-order valence-electron chi connectivity index (χ3n) is 5.06. The fourth-order valence-electron chi connectivity index (χ4n) is 3.39. The van der Waals surface area contributed by atoms with Gasteiger partial charge in [-0.3, -0.25) is 4.79 Å².